The number of hydrogen-bond donors (Lipinski definition) is 3. The van der Waals surface area contributed by atoms with E-state index in [-0.39, 0.29) is 18.0 Å². The van der Waals surface area contributed by atoms with Crippen LogP contribution in [0.5, 0.6) is 0 Å². The Hall–Kier alpha value is -4.00. The molecule has 1 saturated carbocycles. The predicted octanol–water partition coefficient (Wildman–Crippen LogP) is 5.96. The highest BCUT2D eigenvalue weighted by Crippen LogP contribution is 2.33. The lowest BCUT2D eigenvalue weighted by atomic mass is 9.96. The normalized spacial score (nSPS) is 13.9. The molecular formula is C31H36N4O3. The minimum absolute atomic E-state index is 0.123. The third-order valence-corrected chi connectivity index (χ3v) is 7.23. The van der Waals surface area contributed by atoms with E-state index in [1.54, 1.807) is 12.1 Å². The lowest BCUT2D eigenvalue weighted by Gasteiger charge is -2.20. The van der Waals surface area contributed by atoms with Gasteiger partial charge in [-0.3, -0.25) is 19.4 Å². The number of aromatic amines is 1. The van der Waals surface area contributed by atoms with E-state index in [0.717, 1.165) is 59.2 Å². The Balaban J connectivity index is 1.79. The molecule has 0 bridgehead atoms. The lowest BCUT2D eigenvalue weighted by molar-refractivity contribution is 0.0950. The first kappa shape index (κ1) is 27.0. The fourth-order valence-corrected chi connectivity index (χ4v) is 4.91. The Morgan fingerprint density at radius 3 is 2.55 bits per heavy atom. The summed E-state index contributed by atoms with van der Waals surface area (Å²) in [4.78, 5) is 44.7. The zero-order valence-corrected chi connectivity index (χ0v) is 22.6. The van der Waals surface area contributed by atoms with Crippen LogP contribution in [0.2, 0.25) is 0 Å². The number of anilines is 1. The third kappa shape index (κ3) is 6.28. The highest BCUT2D eigenvalue weighted by molar-refractivity contribution is 6.01. The van der Waals surface area contributed by atoms with E-state index in [2.05, 4.69) is 40.5 Å². The summed E-state index contributed by atoms with van der Waals surface area (Å²) in [6, 6.07) is 9.65. The van der Waals surface area contributed by atoms with Gasteiger partial charge in [0.2, 0.25) is 0 Å². The average molecular weight is 513 g/mol. The van der Waals surface area contributed by atoms with Gasteiger partial charge in [-0.15, -0.1) is 0 Å². The number of allylic oxidation sites excluding steroid dienone is 1. The van der Waals surface area contributed by atoms with Crippen LogP contribution < -0.4 is 16.2 Å². The fraction of sp³-hybridized carbons (Fsp3) is 0.355. The van der Waals surface area contributed by atoms with Crippen LogP contribution in [0, 0.1) is 13.8 Å². The van der Waals surface area contributed by atoms with Crippen LogP contribution in [0.3, 0.4) is 0 Å². The van der Waals surface area contributed by atoms with Crippen LogP contribution in [0.15, 0.2) is 46.9 Å². The molecule has 3 N–H and O–H groups in total. The summed E-state index contributed by atoms with van der Waals surface area (Å²) in [5.41, 5.74) is 7.30. The molecule has 1 aromatic carbocycles. The molecule has 4 rings (SSSR count). The molecule has 3 aromatic rings. The molecule has 2 heterocycles. The molecule has 0 aliphatic heterocycles. The SMILES string of the molecule is CCC(C)=Cc1c(NC2CCCC2)cc(-c2ccc(C=O)cn2)cc1C(=O)NCc1c(C)cc(C)[nH]c1=O. The summed E-state index contributed by atoms with van der Waals surface area (Å²) in [5.74, 6) is -0.264. The minimum Gasteiger partial charge on any atom is -0.382 e. The number of aldehydes is 1. The van der Waals surface area contributed by atoms with Gasteiger partial charge in [-0.2, -0.15) is 0 Å². The van der Waals surface area contributed by atoms with Gasteiger partial charge in [-0.25, -0.2) is 0 Å². The van der Waals surface area contributed by atoms with Crippen molar-refractivity contribution in [1.29, 1.82) is 0 Å². The molecule has 7 nitrogen and oxygen atoms in total. The Kier molecular flexibility index (Phi) is 8.56. The molecule has 0 spiro atoms. The van der Waals surface area contributed by atoms with E-state index < -0.39 is 0 Å². The van der Waals surface area contributed by atoms with Gasteiger partial charge in [0, 0.05) is 58.0 Å². The molecule has 0 radical (unpaired) electrons. The number of carbonyl (C=O) groups excluding carboxylic acids is 2. The van der Waals surface area contributed by atoms with Crippen molar-refractivity contribution < 1.29 is 9.59 Å². The molecule has 198 valence electrons. The fourth-order valence-electron chi connectivity index (χ4n) is 4.91. The summed E-state index contributed by atoms with van der Waals surface area (Å²) in [6.07, 6.45) is 9.77. The number of pyridine rings is 2. The van der Waals surface area contributed by atoms with Crippen LogP contribution in [0.25, 0.3) is 17.3 Å². The van der Waals surface area contributed by atoms with Crippen LogP contribution in [0.1, 0.15) is 89.1 Å². The highest BCUT2D eigenvalue weighted by atomic mass is 16.2. The van der Waals surface area contributed by atoms with Crippen molar-refractivity contribution in [2.24, 2.45) is 0 Å². The number of nitrogens with one attached hydrogen (secondary N) is 3. The summed E-state index contributed by atoms with van der Waals surface area (Å²) < 4.78 is 0. The van der Waals surface area contributed by atoms with E-state index in [9.17, 15) is 14.4 Å². The van der Waals surface area contributed by atoms with Gasteiger partial charge in [-0.05, 0) is 75.9 Å². The van der Waals surface area contributed by atoms with Gasteiger partial charge in [0.1, 0.15) is 0 Å². The van der Waals surface area contributed by atoms with Gasteiger partial charge in [-0.1, -0.05) is 31.4 Å². The molecule has 1 aliphatic carbocycles. The molecule has 1 amide bonds. The van der Waals surface area contributed by atoms with Crippen LogP contribution in [0.4, 0.5) is 5.69 Å². The summed E-state index contributed by atoms with van der Waals surface area (Å²) in [7, 11) is 0. The first-order valence-electron chi connectivity index (χ1n) is 13.3. The maximum Gasteiger partial charge on any atom is 0.253 e. The molecule has 0 unspecified atom stereocenters. The van der Waals surface area contributed by atoms with Gasteiger partial charge in [0.15, 0.2) is 6.29 Å². The van der Waals surface area contributed by atoms with Gasteiger partial charge in [0.05, 0.1) is 5.69 Å². The van der Waals surface area contributed by atoms with Gasteiger partial charge < -0.3 is 15.6 Å². The molecular weight excluding hydrogens is 476 g/mol. The van der Waals surface area contributed by atoms with Crippen molar-refractivity contribution in [2.75, 3.05) is 5.32 Å². The molecule has 1 fully saturated rings. The number of nitrogens with zero attached hydrogens (tertiary/aromatic N) is 1. The van der Waals surface area contributed by atoms with Crippen molar-refractivity contribution in [1.82, 2.24) is 15.3 Å². The molecule has 0 saturated heterocycles. The summed E-state index contributed by atoms with van der Waals surface area (Å²) in [6.45, 7) is 7.99. The Morgan fingerprint density at radius 1 is 1.16 bits per heavy atom. The molecule has 1 aliphatic rings. The second-order valence-electron chi connectivity index (χ2n) is 10.2. The van der Waals surface area contributed by atoms with Crippen LogP contribution in [-0.2, 0) is 6.54 Å². The largest absolute Gasteiger partial charge is 0.382 e. The third-order valence-electron chi connectivity index (χ3n) is 7.23. The van der Waals surface area contributed by atoms with E-state index in [1.807, 2.05) is 32.0 Å². The van der Waals surface area contributed by atoms with Crippen molar-refractivity contribution in [3.63, 3.8) is 0 Å². The van der Waals surface area contributed by atoms with E-state index in [1.165, 1.54) is 19.0 Å². The lowest BCUT2D eigenvalue weighted by Crippen LogP contribution is -2.29. The van der Waals surface area contributed by atoms with E-state index >= 15 is 0 Å². The molecule has 0 atom stereocenters. The number of aryl methyl sites for hydroxylation is 2. The van der Waals surface area contributed by atoms with Crippen molar-refractivity contribution in [2.45, 2.75) is 72.4 Å². The monoisotopic (exact) mass is 512 g/mol. The highest BCUT2D eigenvalue weighted by Gasteiger charge is 2.21. The van der Waals surface area contributed by atoms with Crippen molar-refractivity contribution in [3.8, 4) is 11.3 Å². The predicted molar refractivity (Wildman–Crippen MR) is 153 cm³/mol. The number of H-pyrrole nitrogens is 1. The smallest absolute Gasteiger partial charge is 0.253 e. The van der Waals surface area contributed by atoms with E-state index in [4.69, 9.17) is 0 Å². The zero-order chi connectivity index (χ0) is 27.2. The Bertz CT molecular complexity index is 1410. The quantitative estimate of drug-likeness (QED) is 0.307. The molecule has 38 heavy (non-hydrogen) atoms. The second kappa shape index (κ2) is 12.0. The summed E-state index contributed by atoms with van der Waals surface area (Å²) in [5, 5.41) is 6.68. The number of benzene rings is 1. The second-order valence-corrected chi connectivity index (χ2v) is 10.2. The molecule has 2 aromatic heterocycles. The number of hydrogen-bond acceptors (Lipinski definition) is 5. The van der Waals surface area contributed by atoms with Crippen LogP contribution >= 0.6 is 0 Å². The van der Waals surface area contributed by atoms with Crippen molar-refractivity contribution >= 4 is 24.0 Å². The maximum atomic E-state index is 13.7. The van der Waals surface area contributed by atoms with E-state index in [0.29, 0.717) is 28.4 Å². The number of amides is 1. The van der Waals surface area contributed by atoms with Crippen LogP contribution in [-0.4, -0.2) is 28.2 Å². The van der Waals surface area contributed by atoms with Crippen molar-refractivity contribution in [3.05, 3.63) is 86.0 Å². The summed E-state index contributed by atoms with van der Waals surface area (Å²) >= 11 is 0. The first-order chi connectivity index (χ1) is 18.3. The topological polar surface area (TPSA) is 104 Å². The van der Waals surface area contributed by atoms with Gasteiger partial charge >= 0.3 is 0 Å². The standard InChI is InChI=1S/C31H36N4O3/c1-5-19(2)12-25-26(30(37)33-17-27-20(3)13-21(4)34-31(27)38)14-23(28-11-10-22(18-36)16-32-28)15-29(25)35-24-8-6-7-9-24/h10-16,18,24,35H,5-9,17H2,1-4H3,(H,33,37)(H,34,38). The average Bonchev–Trinajstić information content (AvgIpc) is 3.41. The molecule has 7 heteroatoms. The van der Waals surface area contributed by atoms with Gasteiger partial charge in [0.25, 0.3) is 11.5 Å². The Labute approximate surface area is 223 Å². The maximum absolute atomic E-state index is 13.7. The first-order valence-corrected chi connectivity index (χ1v) is 13.3. The zero-order valence-electron chi connectivity index (χ0n) is 22.6. The minimum atomic E-state index is -0.264. The number of aromatic nitrogens is 2. The number of carbonyl (C=O) groups is 2. The number of rotatable bonds is 9. The Morgan fingerprint density at radius 2 is 1.92 bits per heavy atom.